The molecule has 0 fully saturated rings. The van der Waals surface area contributed by atoms with Crippen LogP contribution in [0, 0.1) is 10.1 Å². The Kier molecular flexibility index (Phi) is 3.22. The van der Waals surface area contributed by atoms with Gasteiger partial charge in [-0.05, 0) is 11.6 Å². The fraction of sp³-hybridized carbons (Fsp3) is 0.222. The van der Waals surface area contributed by atoms with E-state index in [9.17, 15) is 14.9 Å². The average Bonchev–Trinajstić information content (AvgIpc) is 2.55. The maximum absolute atomic E-state index is 11.2. The Morgan fingerprint density at radius 1 is 1.67 bits per heavy atom. The van der Waals surface area contributed by atoms with Crippen LogP contribution in [-0.4, -0.2) is 22.6 Å². The number of hydrogen-bond acceptors (Lipinski definition) is 4. The van der Waals surface area contributed by atoms with Gasteiger partial charge in [-0.3, -0.25) is 10.1 Å². The number of carbonyl (C=O) groups excluding carboxylic acids is 1. The van der Waals surface area contributed by atoms with Gasteiger partial charge in [0.25, 0.3) is 0 Å². The minimum atomic E-state index is -0.565. The first-order valence-electron chi connectivity index (χ1n) is 4.11. The van der Waals surface area contributed by atoms with Gasteiger partial charge in [-0.1, -0.05) is 0 Å². The average molecular weight is 210 g/mol. The lowest BCUT2D eigenvalue weighted by Crippen LogP contribution is -2.06. The smallest absolute Gasteiger partial charge is 0.354 e. The summed E-state index contributed by atoms with van der Waals surface area (Å²) < 4.78 is 6.09. The summed E-state index contributed by atoms with van der Waals surface area (Å²) in [5.41, 5.74) is 0.926. The summed E-state index contributed by atoms with van der Waals surface area (Å²) in [6.45, 7) is 0. The van der Waals surface area contributed by atoms with E-state index in [-0.39, 0.29) is 0 Å². The molecule has 0 N–H and O–H groups in total. The first-order chi connectivity index (χ1) is 7.04. The zero-order valence-electron chi connectivity index (χ0n) is 8.34. The molecule has 1 rings (SSSR count). The molecule has 0 bridgehead atoms. The largest absolute Gasteiger partial charge is 0.464 e. The molecule has 0 saturated heterocycles. The summed E-state index contributed by atoms with van der Waals surface area (Å²) in [6.07, 6.45) is 3.73. The van der Waals surface area contributed by atoms with Gasteiger partial charge in [0, 0.05) is 19.3 Å². The van der Waals surface area contributed by atoms with E-state index < -0.39 is 10.9 Å². The van der Waals surface area contributed by atoms with Gasteiger partial charge in [-0.15, -0.1) is 0 Å². The van der Waals surface area contributed by atoms with Gasteiger partial charge in [-0.25, -0.2) is 4.79 Å². The molecule has 1 aromatic rings. The van der Waals surface area contributed by atoms with Crippen LogP contribution in [0.2, 0.25) is 0 Å². The third-order valence-electron chi connectivity index (χ3n) is 1.81. The zero-order chi connectivity index (χ0) is 11.4. The highest BCUT2D eigenvalue weighted by atomic mass is 16.6. The van der Waals surface area contributed by atoms with E-state index in [2.05, 4.69) is 4.74 Å². The minimum Gasteiger partial charge on any atom is -0.464 e. The predicted molar refractivity (Wildman–Crippen MR) is 52.8 cm³/mol. The Bertz CT molecular complexity index is 420. The second-order valence-corrected chi connectivity index (χ2v) is 2.86. The third-order valence-corrected chi connectivity index (χ3v) is 1.81. The molecule has 6 heteroatoms. The molecule has 1 heterocycles. The van der Waals surface area contributed by atoms with Gasteiger partial charge in [0.1, 0.15) is 5.69 Å². The highest BCUT2D eigenvalue weighted by Gasteiger charge is 2.10. The molecule has 0 atom stereocenters. The van der Waals surface area contributed by atoms with Crippen molar-refractivity contribution in [1.82, 2.24) is 4.57 Å². The second kappa shape index (κ2) is 4.41. The van der Waals surface area contributed by atoms with Crippen LogP contribution < -0.4 is 0 Å². The molecule has 0 unspecified atom stereocenters. The first-order valence-corrected chi connectivity index (χ1v) is 4.11. The van der Waals surface area contributed by atoms with Crippen LogP contribution in [0.3, 0.4) is 0 Å². The fourth-order valence-electron chi connectivity index (χ4n) is 1.14. The first kappa shape index (κ1) is 11.0. The number of nitro groups is 1. The number of aromatic nitrogens is 1. The van der Waals surface area contributed by atoms with Crippen molar-refractivity contribution in [2.24, 2.45) is 7.05 Å². The normalized spacial score (nSPS) is 10.5. The van der Waals surface area contributed by atoms with E-state index in [0.29, 0.717) is 11.3 Å². The number of nitrogens with zero attached hydrogens (tertiary/aromatic N) is 2. The SMILES string of the molecule is COC(=O)c1cc(/C=C/[N+](=O)[O-])cn1C. The Hall–Kier alpha value is -2.11. The quantitative estimate of drug-likeness (QED) is 0.424. The molecule has 80 valence electrons. The van der Waals surface area contributed by atoms with Crippen LogP contribution in [-0.2, 0) is 11.8 Å². The maximum Gasteiger partial charge on any atom is 0.354 e. The van der Waals surface area contributed by atoms with Crippen LogP contribution in [0.15, 0.2) is 18.5 Å². The summed E-state index contributed by atoms with van der Waals surface area (Å²) >= 11 is 0. The molecule has 0 aliphatic rings. The predicted octanol–water partition coefficient (Wildman–Crippen LogP) is 1.06. The van der Waals surface area contributed by atoms with Crippen molar-refractivity contribution in [1.29, 1.82) is 0 Å². The van der Waals surface area contributed by atoms with E-state index in [0.717, 1.165) is 6.20 Å². The van der Waals surface area contributed by atoms with Crippen LogP contribution in [0.1, 0.15) is 16.1 Å². The lowest BCUT2D eigenvalue weighted by molar-refractivity contribution is -0.400. The Morgan fingerprint density at radius 3 is 2.87 bits per heavy atom. The van der Waals surface area contributed by atoms with Crippen molar-refractivity contribution in [3.8, 4) is 0 Å². The fourth-order valence-corrected chi connectivity index (χ4v) is 1.14. The Labute approximate surface area is 85.9 Å². The molecule has 0 radical (unpaired) electrons. The number of rotatable bonds is 3. The maximum atomic E-state index is 11.2. The van der Waals surface area contributed by atoms with Gasteiger partial charge in [0.2, 0.25) is 6.20 Å². The molecule has 0 aliphatic carbocycles. The highest BCUT2D eigenvalue weighted by molar-refractivity contribution is 5.88. The third kappa shape index (κ3) is 2.67. The molecule has 1 aromatic heterocycles. The van der Waals surface area contributed by atoms with E-state index in [1.54, 1.807) is 17.8 Å². The van der Waals surface area contributed by atoms with Crippen molar-refractivity contribution < 1.29 is 14.5 Å². The highest BCUT2D eigenvalue weighted by Crippen LogP contribution is 2.10. The molecular weight excluding hydrogens is 200 g/mol. The molecule has 15 heavy (non-hydrogen) atoms. The molecule has 0 amide bonds. The lowest BCUT2D eigenvalue weighted by atomic mass is 10.3. The topological polar surface area (TPSA) is 74.4 Å². The monoisotopic (exact) mass is 210 g/mol. The summed E-state index contributed by atoms with van der Waals surface area (Å²) in [7, 11) is 2.94. The van der Waals surface area contributed by atoms with Gasteiger partial charge < -0.3 is 9.30 Å². The van der Waals surface area contributed by atoms with E-state index in [1.807, 2.05) is 0 Å². The standard InChI is InChI=1S/C9H10N2O4/c1-10-6-7(3-4-11(13)14)5-8(10)9(12)15-2/h3-6H,1-2H3/b4-3+. The van der Waals surface area contributed by atoms with E-state index in [4.69, 9.17) is 0 Å². The lowest BCUT2D eigenvalue weighted by Gasteiger charge is -1.98. The number of hydrogen-bond donors (Lipinski definition) is 0. The molecule has 0 spiro atoms. The number of ether oxygens (including phenoxy) is 1. The molecular formula is C9H10N2O4. The number of aryl methyl sites for hydroxylation is 1. The molecule has 0 saturated carbocycles. The van der Waals surface area contributed by atoms with Crippen LogP contribution in [0.25, 0.3) is 6.08 Å². The van der Waals surface area contributed by atoms with Crippen LogP contribution >= 0.6 is 0 Å². The Balaban J connectivity index is 2.95. The summed E-state index contributed by atoms with van der Waals surface area (Å²) in [6, 6.07) is 1.52. The van der Waals surface area contributed by atoms with Gasteiger partial charge >= 0.3 is 5.97 Å². The number of carbonyl (C=O) groups is 1. The Morgan fingerprint density at radius 2 is 2.33 bits per heavy atom. The second-order valence-electron chi connectivity index (χ2n) is 2.86. The van der Waals surface area contributed by atoms with Gasteiger partial charge in [-0.2, -0.15) is 0 Å². The van der Waals surface area contributed by atoms with E-state index in [1.165, 1.54) is 19.3 Å². The van der Waals surface area contributed by atoms with Crippen molar-refractivity contribution in [3.63, 3.8) is 0 Å². The minimum absolute atomic E-state index is 0.348. The molecule has 6 nitrogen and oxygen atoms in total. The number of methoxy groups -OCH3 is 1. The summed E-state index contributed by atoms with van der Waals surface area (Å²) in [5, 5.41) is 10.1. The van der Waals surface area contributed by atoms with Crippen molar-refractivity contribution in [2.75, 3.05) is 7.11 Å². The molecule has 0 aliphatic heterocycles. The summed E-state index contributed by atoms with van der Waals surface area (Å²) in [5.74, 6) is -0.474. The van der Waals surface area contributed by atoms with Gasteiger partial charge in [0.15, 0.2) is 0 Å². The van der Waals surface area contributed by atoms with E-state index >= 15 is 0 Å². The summed E-state index contributed by atoms with van der Waals surface area (Å²) in [4.78, 5) is 20.7. The number of esters is 1. The van der Waals surface area contributed by atoms with Crippen molar-refractivity contribution >= 4 is 12.0 Å². The van der Waals surface area contributed by atoms with Crippen LogP contribution in [0.5, 0.6) is 0 Å². The van der Waals surface area contributed by atoms with Crippen LogP contribution in [0.4, 0.5) is 0 Å². The van der Waals surface area contributed by atoms with Gasteiger partial charge in [0.05, 0.1) is 12.0 Å². The van der Waals surface area contributed by atoms with Crippen molar-refractivity contribution in [3.05, 3.63) is 39.8 Å². The zero-order valence-corrected chi connectivity index (χ0v) is 8.34. The molecule has 0 aromatic carbocycles. The van der Waals surface area contributed by atoms with Crippen molar-refractivity contribution in [2.45, 2.75) is 0 Å².